The molecule has 31 heavy (non-hydrogen) atoms. The van der Waals surface area contributed by atoms with Gasteiger partial charge >= 0.3 is 0 Å². The summed E-state index contributed by atoms with van der Waals surface area (Å²) < 4.78 is 67.6. The quantitative estimate of drug-likeness (QED) is 0.148. The molecule has 0 amide bonds. The average molecular weight is 428 g/mol. The molecule has 0 aliphatic heterocycles. The summed E-state index contributed by atoms with van der Waals surface area (Å²) >= 11 is 0. The molecule has 3 aromatic carbocycles. The van der Waals surface area contributed by atoms with Crippen molar-refractivity contribution in [2.45, 2.75) is 6.92 Å². The lowest BCUT2D eigenvalue weighted by Gasteiger charge is -2.09. The number of nitrogens with zero attached hydrogens (tertiary/aromatic N) is 3. The molecular weight excluding hydrogens is 415 g/mol. The first kappa shape index (κ1) is 20.4. The molecule has 9 heteroatoms. The van der Waals surface area contributed by atoms with E-state index in [1.54, 1.807) is 24.3 Å². The van der Waals surface area contributed by atoms with Gasteiger partial charge in [0.25, 0.3) is 0 Å². The second-order valence-corrected chi connectivity index (χ2v) is 6.63. The molecule has 0 fully saturated rings. The van der Waals surface area contributed by atoms with Crippen LogP contribution in [-0.2, 0) is 0 Å². The van der Waals surface area contributed by atoms with E-state index >= 15 is 0 Å². The van der Waals surface area contributed by atoms with E-state index in [4.69, 9.17) is 0 Å². The van der Waals surface area contributed by atoms with Crippen molar-refractivity contribution in [2.75, 3.05) is 5.43 Å². The van der Waals surface area contributed by atoms with Gasteiger partial charge in [-0.2, -0.15) is 5.10 Å². The molecule has 1 aromatic heterocycles. The minimum Gasteiger partial charge on any atom is -0.261 e. The molecule has 0 radical (unpaired) electrons. The van der Waals surface area contributed by atoms with Crippen LogP contribution in [0.2, 0.25) is 0 Å². The van der Waals surface area contributed by atoms with Gasteiger partial charge in [0.1, 0.15) is 0 Å². The van der Waals surface area contributed by atoms with E-state index in [0.717, 1.165) is 11.1 Å². The molecule has 0 bridgehead atoms. The number of halogens is 5. The number of aryl methyl sites for hydroxylation is 1. The SMILES string of the molecule is Cc1ccc(-c2nc(N/N=C/c3c(F)c(F)c(F)c(F)c3F)c3ccccc3n2)cc1. The maximum Gasteiger partial charge on any atom is 0.200 e. The van der Waals surface area contributed by atoms with Crippen LogP contribution in [0.5, 0.6) is 0 Å². The monoisotopic (exact) mass is 428 g/mol. The molecular formula is C22H13F5N4. The highest BCUT2D eigenvalue weighted by Gasteiger charge is 2.24. The molecule has 0 spiro atoms. The van der Waals surface area contributed by atoms with Gasteiger partial charge in [0.2, 0.25) is 5.82 Å². The summed E-state index contributed by atoms with van der Waals surface area (Å²) in [5, 5.41) is 4.19. The molecule has 1 heterocycles. The molecule has 0 unspecified atom stereocenters. The van der Waals surface area contributed by atoms with Crippen LogP contribution in [0.15, 0.2) is 53.6 Å². The van der Waals surface area contributed by atoms with Gasteiger partial charge in [0, 0.05) is 10.9 Å². The highest BCUT2D eigenvalue weighted by atomic mass is 19.2. The minimum absolute atomic E-state index is 0.196. The zero-order chi connectivity index (χ0) is 22.1. The smallest absolute Gasteiger partial charge is 0.200 e. The zero-order valence-corrected chi connectivity index (χ0v) is 15.9. The summed E-state index contributed by atoms with van der Waals surface area (Å²) in [6, 6.07) is 14.4. The van der Waals surface area contributed by atoms with E-state index < -0.39 is 34.6 Å². The van der Waals surface area contributed by atoms with E-state index in [0.29, 0.717) is 22.9 Å². The summed E-state index contributed by atoms with van der Waals surface area (Å²) in [7, 11) is 0. The summed E-state index contributed by atoms with van der Waals surface area (Å²) in [5.41, 5.74) is 3.69. The molecule has 4 aromatic rings. The Hall–Kier alpha value is -3.88. The molecule has 1 N–H and O–H groups in total. The number of hydrogen-bond donors (Lipinski definition) is 1. The maximum atomic E-state index is 13.8. The van der Waals surface area contributed by atoms with E-state index in [-0.39, 0.29) is 5.82 Å². The Morgan fingerprint density at radius 2 is 1.39 bits per heavy atom. The van der Waals surface area contributed by atoms with Crippen molar-refractivity contribution in [2.24, 2.45) is 5.10 Å². The Labute approximate surface area is 173 Å². The van der Waals surface area contributed by atoms with Crippen molar-refractivity contribution in [1.82, 2.24) is 9.97 Å². The van der Waals surface area contributed by atoms with Gasteiger partial charge in [-0.25, -0.2) is 31.9 Å². The number of benzene rings is 3. The summed E-state index contributed by atoms with van der Waals surface area (Å²) in [4.78, 5) is 8.89. The summed E-state index contributed by atoms with van der Waals surface area (Å²) in [5.74, 6) is -9.72. The maximum absolute atomic E-state index is 13.8. The van der Waals surface area contributed by atoms with E-state index in [1.165, 1.54) is 0 Å². The minimum atomic E-state index is -2.23. The predicted octanol–water partition coefficient (Wildman–Crippen LogP) is 5.75. The number of hydrazone groups is 1. The third-order valence-corrected chi connectivity index (χ3v) is 4.52. The van der Waals surface area contributed by atoms with Gasteiger partial charge in [-0.1, -0.05) is 42.0 Å². The molecule has 0 aliphatic carbocycles. The van der Waals surface area contributed by atoms with Crippen LogP contribution < -0.4 is 5.43 Å². The lowest BCUT2D eigenvalue weighted by Crippen LogP contribution is -2.07. The van der Waals surface area contributed by atoms with Gasteiger partial charge in [-0.05, 0) is 19.1 Å². The van der Waals surface area contributed by atoms with Gasteiger partial charge < -0.3 is 0 Å². The molecule has 0 atom stereocenters. The molecule has 0 saturated heterocycles. The predicted molar refractivity (Wildman–Crippen MR) is 107 cm³/mol. The number of nitrogens with one attached hydrogen (secondary N) is 1. The van der Waals surface area contributed by atoms with Crippen molar-refractivity contribution in [1.29, 1.82) is 0 Å². The van der Waals surface area contributed by atoms with Crippen molar-refractivity contribution in [3.8, 4) is 11.4 Å². The van der Waals surface area contributed by atoms with Crippen LogP contribution in [0.1, 0.15) is 11.1 Å². The fourth-order valence-electron chi connectivity index (χ4n) is 2.89. The van der Waals surface area contributed by atoms with Crippen LogP contribution in [0.25, 0.3) is 22.3 Å². The van der Waals surface area contributed by atoms with Gasteiger partial charge in [0.05, 0.1) is 17.3 Å². The lowest BCUT2D eigenvalue weighted by atomic mass is 10.1. The fraction of sp³-hybridized carbons (Fsp3) is 0.0455. The van der Waals surface area contributed by atoms with Crippen LogP contribution in [0.4, 0.5) is 27.8 Å². The number of hydrogen-bond acceptors (Lipinski definition) is 4. The Kier molecular flexibility index (Phi) is 5.33. The lowest BCUT2D eigenvalue weighted by molar-refractivity contribution is 0.377. The first-order valence-corrected chi connectivity index (χ1v) is 9.01. The Balaban J connectivity index is 1.75. The highest BCUT2D eigenvalue weighted by Crippen LogP contribution is 2.26. The standard InChI is InChI=1S/C22H13F5N4/c1-11-6-8-12(9-7-11)21-29-15-5-3-2-4-13(15)22(30-21)31-28-10-14-16(23)18(25)20(27)19(26)17(14)24/h2-10H,1H3,(H,29,30,31)/b28-10+. The van der Waals surface area contributed by atoms with Crippen LogP contribution in [0.3, 0.4) is 0 Å². The molecule has 4 rings (SSSR count). The first-order valence-electron chi connectivity index (χ1n) is 9.01. The average Bonchev–Trinajstić information content (AvgIpc) is 2.79. The molecule has 4 nitrogen and oxygen atoms in total. The number of anilines is 1. The summed E-state index contributed by atoms with van der Waals surface area (Å²) in [6.07, 6.45) is 0.513. The normalized spacial score (nSPS) is 11.4. The topological polar surface area (TPSA) is 50.2 Å². The number of fused-ring (bicyclic) bond motifs is 1. The molecule has 0 saturated carbocycles. The van der Waals surface area contributed by atoms with Gasteiger partial charge in [-0.3, -0.25) is 5.43 Å². The summed E-state index contributed by atoms with van der Waals surface area (Å²) in [6.45, 7) is 1.94. The molecule has 156 valence electrons. The van der Waals surface area contributed by atoms with Crippen molar-refractivity contribution < 1.29 is 22.0 Å². The Morgan fingerprint density at radius 1 is 0.774 bits per heavy atom. The third-order valence-electron chi connectivity index (χ3n) is 4.52. The zero-order valence-electron chi connectivity index (χ0n) is 15.9. The van der Waals surface area contributed by atoms with E-state index in [2.05, 4.69) is 20.5 Å². The van der Waals surface area contributed by atoms with Crippen molar-refractivity contribution in [3.63, 3.8) is 0 Å². The first-order chi connectivity index (χ1) is 14.9. The van der Waals surface area contributed by atoms with Crippen LogP contribution in [-0.4, -0.2) is 16.2 Å². The Morgan fingerprint density at radius 3 is 2.06 bits per heavy atom. The van der Waals surface area contributed by atoms with E-state index in [9.17, 15) is 22.0 Å². The molecule has 0 aliphatic rings. The number of aromatic nitrogens is 2. The van der Waals surface area contributed by atoms with Gasteiger partial charge in [0.15, 0.2) is 34.9 Å². The van der Waals surface area contributed by atoms with Crippen molar-refractivity contribution in [3.05, 3.63) is 88.7 Å². The van der Waals surface area contributed by atoms with Gasteiger partial charge in [-0.15, -0.1) is 0 Å². The fourth-order valence-corrected chi connectivity index (χ4v) is 2.89. The number of para-hydroxylation sites is 1. The Bertz CT molecular complexity index is 1290. The second kappa shape index (κ2) is 8.10. The van der Waals surface area contributed by atoms with E-state index in [1.807, 2.05) is 31.2 Å². The third kappa shape index (κ3) is 3.81. The van der Waals surface area contributed by atoms with Crippen LogP contribution >= 0.6 is 0 Å². The largest absolute Gasteiger partial charge is 0.261 e. The number of rotatable bonds is 4. The van der Waals surface area contributed by atoms with Crippen LogP contribution in [0, 0.1) is 36.0 Å². The van der Waals surface area contributed by atoms with Crippen molar-refractivity contribution >= 4 is 22.9 Å². The second-order valence-electron chi connectivity index (χ2n) is 6.63. The highest BCUT2D eigenvalue weighted by molar-refractivity contribution is 5.91.